The molecule has 150 valence electrons. The lowest BCUT2D eigenvalue weighted by Gasteiger charge is -2.34. The second kappa shape index (κ2) is 8.67. The molecule has 0 spiro atoms. The third kappa shape index (κ3) is 4.78. The van der Waals surface area contributed by atoms with E-state index >= 15 is 0 Å². The minimum atomic E-state index is 0.512. The number of hydrogen-bond acceptors (Lipinski definition) is 7. The molecular formula is C21H24BrN7. The van der Waals surface area contributed by atoms with E-state index in [2.05, 4.69) is 77.6 Å². The Morgan fingerprint density at radius 3 is 2.41 bits per heavy atom. The standard InChI is InChI=1S/C21H24BrN7/c1-28-10-12-29(13-11-28)16-8-6-15(7-9-16)25-21-24-14-17(22)20(27-21)26-19-5-3-2-4-18(19)23/h2-9,14H,10-13,23H2,1H3,(H2,24,25,26,27). The van der Waals surface area contributed by atoms with Gasteiger partial charge in [0.2, 0.25) is 5.95 Å². The van der Waals surface area contributed by atoms with Gasteiger partial charge in [-0.05, 0) is 59.4 Å². The molecule has 0 radical (unpaired) electrons. The summed E-state index contributed by atoms with van der Waals surface area (Å²) in [4.78, 5) is 13.7. The van der Waals surface area contributed by atoms with Crippen LogP contribution in [-0.2, 0) is 0 Å². The summed E-state index contributed by atoms with van der Waals surface area (Å²) in [6.07, 6.45) is 1.72. The summed E-state index contributed by atoms with van der Waals surface area (Å²) in [5.41, 5.74) is 9.66. The lowest BCUT2D eigenvalue weighted by molar-refractivity contribution is 0.313. The highest BCUT2D eigenvalue weighted by Gasteiger charge is 2.14. The van der Waals surface area contributed by atoms with E-state index in [1.807, 2.05) is 24.3 Å². The number of nitrogens with zero attached hydrogens (tertiary/aromatic N) is 4. The van der Waals surface area contributed by atoms with Crippen LogP contribution < -0.4 is 21.3 Å². The average Bonchev–Trinajstić information content (AvgIpc) is 2.73. The zero-order valence-electron chi connectivity index (χ0n) is 16.3. The Morgan fingerprint density at radius 1 is 0.966 bits per heavy atom. The summed E-state index contributed by atoms with van der Waals surface area (Å²) >= 11 is 3.49. The van der Waals surface area contributed by atoms with Gasteiger partial charge in [0.1, 0.15) is 5.82 Å². The van der Waals surface area contributed by atoms with Crippen LogP contribution in [0.5, 0.6) is 0 Å². The second-order valence-corrected chi connectivity index (χ2v) is 7.92. The predicted molar refractivity (Wildman–Crippen MR) is 123 cm³/mol. The fourth-order valence-electron chi connectivity index (χ4n) is 3.20. The Bertz CT molecular complexity index is 969. The van der Waals surface area contributed by atoms with E-state index in [0.29, 0.717) is 17.5 Å². The number of aromatic nitrogens is 2. The minimum Gasteiger partial charge on any atom is -0.397 e. The quantitative estimate of drug-likeness (QED) is 0.502. The van der Waals surface area contributed by atoms with Crippen LogP contribution in [0.4, 0.5) is 34.5 Å². The van der Waals surface area contributed by atoms with Crippen LogP contribution >= 0.6 is 15.9 Å². The first kappa shape index (κ1) is 19.5. The van der Waals surface area contributed by atoms with Gasteiger partial charge in [0.25, 0.3) is 0 Å². The molecule has 4 rings (SSSR count). The third-order valence-corrected chi connectivity index (χ3v) is 5.53. The number of rotatable bonds is 5. The Balaban J connectivity index is 1.46. The normalized spacial score (nSPS) is 14.6. The summed E-state index contributed by atoms with van der Waals surface area (Å²) in [5, 5.41) is 6.52. The van der Waals surface area contributed by atoms with Crippen molar-refractivity contribution in [1.29, 1.82) is 0 Å². The monoisotopic (exact) mass is 453 g/mol. The fourth-order valence-corrected chi connectivity index (χ4v) is 3.49. The van der Waals surface area contributed by atoms with Crippen molar-refractivity contribution in [1.82, 2.24) is 14.9 Å². The molecule has 0 saturated carbocycles. The van der Waals surface area contributed by atoms with E-state index in [9.17, 15) is 0 Å². The van der Waals surface area contributed by atoms with Crippen LogP contribution in [0.1, 0.15) is 0 Å². The lowest BCUT2D eigenvalue weighted by atomic mass is 10.2. The van der Waals surface area contributed by atoms with Crippen molar-refractivity contribution >= 4 is 50.4 Å². The van der Waals surface area contributed by atoms with Crippen molar-refractivity contribution in [3.63, 3.8) is 0 Å². The number of nitrogen functional groups attached to an aromatic ring is 1. The smallest absolute Gasteiger partial charge is 0.229 e. The summed E-state index contributed by atoms with van der Waals surface area (Å²) in [5.74, 6) is 1.16. The number of para-hydroxylation sites is 2. The van der Waals surface area contributed by atoms with Gasteiger partial charge >= 0.3 is 0 Å². The number of benzene rings is 2. The SMILES string of the molecule is CN1CCN(c2ccc(Nc3ncc(Br)c(Nc4ccccc4N)n3)cc2)CC1. The molecule has 1 aromatic heterocycles. The van der Waals surface area contributed by atoms with Crippen LogP contribution in [0.25, 0.3) is 0 Å². The van der Waals surface area contributed by atoms with Crippen LogP contribution in [-0.4, -0.2) is 48.1 Å². The second-order valence-electron chi connectivity index (χ2n) is 7.06. The fraction of sp³-hybridized carbons (Fsp3) is 0.238. The topological polar surface area (TPSA) is 82.3 Å². The minimum absolute atomic E-state index is 0.512. The number of likely N-dealkylation sites (N-methyl/N-ethyl adjacent to an activating group) is 1. The third-order valence-electron chi connectivity index (χ3n) is 4.95. The molecule has 0 unspecified atom stereocenters. The summed E-state index contributed by atoms with van der Waals surface area (Å²) in [6.45, 7) is 4.29. The predicted octanol–water partition coefficient (Wildman–Crippen LogP) is 4.06. The molecule has 7 nitrogen and oxygen atoms in total. The molecule has 1 fully saturated rings. The van der Waals surface area contributed by atoms with E-state index in [1.165, 1.54) is 5.69 Å². The van der Waals surface area contributed by atoms with Gasteiger partial charge in [-0.3, -0.25) is 0 Å². The number of anilines is 6. The van der Waals surface area contributed by atoms with Crippen molar-refractivity contribution in [3.05, 3.63) is 59.2 Å². The first-order valence-electron chi connectivity index (χ1n) is 9.53. The van der Waals surface area contributed by atoms with Gasteiger partial charge in [-0.25, -0.2) is 4.98 Å². The van der Waals surface area contributed by atoms with Gasteiger partial charge in [-0.2, -0.15) is 4.98 Å². The van der Waals surface area contributed by atoms with Crippen molar-refractivity contribution in [2.45, 2.75) is 0 Å². The molecule has 1 aliphatic heterocycles. The Labute approximate surface area is 179 Å². The largest absolute Gasteiger partial charge is 0.397 e. The highest BCUT2D eigenvalue weighted by atomic mass is 79.9. The van der Waals surface area contributed by atoms with Crippen LogP contribution in [0, 0.1) is 0 Å². The molecule has 0 atom stereocenters. The summed E-state index contributed by atoms with van der Waals surface area (Å²) in [6, 6.07) is 16.0. The van der Waals surface area contributed by atoms with Gasteiger partial charge in [0, 0.05) is 43.8 Å². The molecule has 0 aliphatic carbocycles. The zero-order valence-corrected chi connectivity index (χ0v) is 17.9. The van der Waals surface area contributed by atoms with Gasteiger partial charge in [-0.15, -0.1) is 0 Å². The molecule has 29 heavy (non-hydrogen) atoms. The first-order chi connectivity index (χ1) is 14.1. The molecule has 1 aliphatic rings. The molecule has 8 heteroatoms. The van der Waals surface area contributed by atoms with Gasteiger partial charge in [0.15, 0.2) is 0 Å². The average molecular weight is 454 g/mol. The molecule has 0 amide bonds. The van der Waals surface area contributed by atoms with Crippen molar-refractivity contribution in [2.24, 2.45) is 0 Å². The Kier molecular flexibility index (Phi) is 5.82. The lowest BCUT2D eigenvalue weighted by Crippen LogP contribution is -2.44. The van der Waals surface area contributed by atoms with Gasteiger partial charge in [0.05, 0.1) is 15.8 Å². The van der Waals surface area contributed by atoms with Crippen LogP contribution in [0.2, 0.25) is 0 Å². The Hall–Kier alpha value is -2.84. The maximum absolute atomic E-state index is 6.02. The Morgan fingerprint density at radius 2 is 1.69 bits per heavy atom. The van der Waals surface area contributed by atoms with E-state index < -0.39 is 0 Å². The highest BCUT2D eigenvalue weighted by molar-refractivity contribution is 9.10. The number of nitrogens with two attached hydrogens (primary N) is 1. The van der Waals surface area contributed by atoms with Crippen LogP contribution in [0.3, 0.4) is 0 Å². The van der Waals surface area contributed by atoms with E-state index in [-0.39, 0.29) is 0 Å². The highest BCUT2D eigenvalue weighted by Crippen LogP contribution is 2.28. The van der Waals surface area contributed by atoms with Crippen molar-refractivity contribution < 1.29 is 0 Å². The molecule has 3 aromatic rings. The number of piperazine rings is 1. The number of halogens is 1. The maximum Gasteiger partial charge on any atom is 0.229 e. The molecule has 0 bridgehead atoms. The van der Waals surface area contributed by atoms with Crippen molar-refractivity contribution in [3.8, 4) is 0 Å². The van der Waals surface area contributed by atoms with E-state index in [1.54, 1.807) is 6.20 Å². The zero-order chi connectivity index (χ0) is 20.2. The molecule has 2 aromatic carbocycles. The van der Waals surface area contributed by atoms with Crippen LogP contribution in [0.15, 0.2) is 59.2 Å². The molecule has 2 heterocycles. The van der Waals surface area contributed by atoms with Crippen molar-refractivity contribution in [2.75, 3.05) is 54.5 Å². The van der Waals surface area contributed by atoms with E-state index in [0.717, 1.165) is 42.0 Å². The van der Waals surface area contributed by atoms with E-state index in [4.69, 9.17) is 5.73 Å². The number of hydrogen-bond donors (Lipinski definition) is 3. The molecule has 4 N–H and O–H groups in total. The summed E-state index contributed by atoms with van der Waals surface area (Å²) < 4.78 is 0.761. The number of nitrogens with one attached hydrogen (secondary N) is 2. The molecule has 1 saturated heterocycles. The first-order valence-corrected chi connectivity index (χ1v) is 10.3. The van der Waals surface area contributed by atoms with Gasteiger partial charge < -0.3 is 26.2 Å². The van der Waals surface area contributed by atoms with Gasteiger partial charge in [-0.1, -0.05) is 12.1 Å². The molecular weight excluding hydrogens is 430 g/mol. The summed E-state index contributed by atoms with van der Waals surface area (Å²) in [7, 11) is 2.16. The maximum atomic E-state index is 6.02.